The van der Waals surface area contributed by atoms with Crippen molar-refractivity contribution in [1.29, 1.82) is 0 Å². The lowest BCUT2D eigenvalue weighted by molar-refractivity contribution is -0.116. The Bertz CT molecular complexity index is 979. The van der Waals surface area contributed by atoms with Gasteiger partial charge in [-0.05, 0) is 24.3 Å². The van der Waals surface area contributed by atoms with Gasteiger partial charge >= 0.3 is 0 Å². The molecule has 0 aliphatic heterocycles. The summed E-state index contributed by atoms with van der Waals surface area (Å²) in [5, 5.41) is 3.83. The number of amides is 1. The SMILES string of the molecule is O=C(NCC#Cc1cccc(Cl)c1)C(=O)c1c[nH]c2ccccc12. The molecule has 0 radical (unpaired) electrons. The smallest absolute Gasteiger partial charge is 0.293 e. The van der Waals surface area contributed by atoms with Gasteiger partial charge in [-0.1, -0.05) is 47.7 Å². The number of nitrogens with one attached hydrogen (secondary N) is 2. The molecule has 1 heterocycles. The van der Waals surface area contributed by atoms with E-state index in [4.69, 9.17) is 11.6 Å². The number of rotatable bonds is 3. The molecule has 5 heteroatoms. The topological polar surface area (TPSA) is 62.0 Å². The van der Waals surface area contributed by atoms with E-state index in [1.807, 2.05) is 24.3 Å². The van der Waals surface area contributed by atoms with Gasteiger partial charge in [-0.25, -0.2) is 0 Å². The standard InChI is InChI=1S/C19H13ClN2O2/c20-14-7-3-5-13(11-14)6-4-10-21-19(24)18(23)16-12-22-17-9-2-1-8-15(16)17/h1-3,5,7-9,11-12,22H,10H2,(H,21,24). The van der Waals surface area contributed by atoms with E-state index < -0.39 is 11.7 Å². The monoisotopic (exact) mass is 336 g/mol. The van der Waals surface area contributed by atoms with Crippen LogP contribution in [0.3, 0.4) is 0 Å². The zero-order valence-electron chi connectivity index (χ0n) is 12.6. The number of halogens is 1. The van der Waals surface area contributed by atoms with E-state index in [2.05, 4.69) is 22.1 Å². The fraction of sp³-hybridized carbons (Fsp3) is 0.0526. The number of benzene rings is 2. The lowest BCUT2D eigenvalue weighted by Crippen LogP contribution is -2.31. The number of hydrogen-bond acceptors (Lipinski definition) is 2. The third-order valence-corrected chi connectivity index (χ3v) is 3.67. The van der Waals surface area contributed by atoms with Gasteiger partial charge in [0.2, 0.25) is 0 Å². The lowest BCUT2D eigenvalue weighted by Gasteiger charge is -1.99. The van der Waals surface area contributed by atoms with Crippen LogP contribution < -0.4 is 5.32 Å². The van der Waals surface area contributed by atoms with E-state index in [0.29, 0.717) is 10.6 Å². The van der Waals surface area contributed by atoms with Gasteiger partial charge in [0.05, 0.1) is 12.1 Å². The second-order valence-corrected chi connectivity index (χ2v) is 5.51. The predicted molar refractivity (Wildman–Crippen MR) is 94.0 cm³/mol. The van der Waals surface area contributed by atoms with Crippen molar-refractivity contribution in [3.63, 3.8) is 0 Å². The minimum Gasteiger partial charge on any atom is -0.360 e. The normalized spacial score (nSPS) is 10.0. The van der Waals surface area contributed by atoms with Crippen molar-refractivity contribution in [3.8, 4) is 11.8 Å². The molecule has 3 rings (SSSR count). The van der Waals surface area contributed by atoms with E-state index in [-0.39, 0.29) is 6.54 Å². The van der Waals surface area contributed by atoms with Crippen molar-refractivity contribution >= 4 is 34.2 Å². The maximum Gasteiger partial charge on any atom is 0.293 e. The van der Waals surface area contributed by atoms with Crippen molar-refractivity contribution in [2.45, 2.75) is 0 Å². The van der Waals surface area contributed by atoms with E-state index in [0.717, 1.165) is 16.5 Å². The molecule has 24 heavy (non-hydrogen) atoms. The minimum atomic E-state index is -0.680. The molecule has 0 bridgehead atoms. The summed E-state index contributed by atoms with van der Waals surface area (Å²) in [7, 11) is 0. The molecule has 0 saturated carbocycles. The number of carbonyl (C=O) groups is 2. The molecule has 2 N–H and O–H groups in total. The van der Waals surface area contributed by atoms with Gasteiger partial charge in [0.1, 0.15) is 0 Å². The quantitative estimate of drug-likeness (QED) is 0.438. The molecule has 4 nitrogen and oxygen atoms in total. The highest BCUT2D eigenvalue weighted by Crippen LogP contribution is 2.18. The lowest BCUT2D eigenvalue weighted by atomic mass is 10.1. The molecule has 0 fully saturated rings. The Labute approximate surface area is 143 Å². The highest BCUT2D eigenvalue weighted by Gasteiger charge is 2.18. The summed E-state index contributed by atoms with van der Waals surface area (Å²) in [6.07, 6.45) is 1.55. The predicted octanol–water partition coefficient (Wildman–Crippen LogP) is 3.17. The first-order valence-corrected chi connectivity index (χ1v) is 7.66. The van der Waals surface area contributed by atoms with Crippen molar-refractivity contribution in [3.05, 3.63) is 70.9 Å². The average molecular weight is 337 g/mol. The number of carbonyl (C=O) groups excluding carboxylic acids is 2. The van der Waals surface area contributed by atoms with Crippen LogP contribution in [-0.4, -0.2) is 23.2 Å². The largest absolute Gasteiger partial charge is 0.360 e. The second kappa shape index (κ2) is 7.03. The summed E-state index contributed by atoms with van der Waals surface area (Å²) in [5.41, 5.74) is 1.92. The van der Waals surface area contributed by atoms with Crippen LogP contribution in [0.5, 0.6) is 0 Å². The summed E-state index contributed by atoms with van der Waals surface area (Å²) in [4.78, 5) is 27.2. The fourth-order valence-corrected chi connectivity index (χ4v) is 2.49. The number of aromatic nitrogens is 1. The summed E-state index contributed by atoms with van der Waals surface area (Å²) in [6, 6.07) is 14.4. The molecule has 118 valence electrons. The van der Waals surface area contributed by atoms with Crippen molar-refractivity contribution in [2.24, 2.45) is 0 Å². The van der Waals surface area contributed by atoms with Crippen LogP contribution in [0.2, 0.25) is 5.02 Å². The Morgan fingerprint density at radius 2 is 1.96 bits per heavy atom. The highest BCUT2D eigenvalue weighted by atomic mass is 35.5. The van der Waals surface area contributed by atoms with Crippen LogP contribution in [0.1, 0.15) is 15.9 Å². The Balaban J connectivity index is 1.64. The van der Waals surface area contributed by atoms with Crippen molar-refractivity contribution in [1.82, 2.24) is 10.3 Å². The van der Waals surface area contributed by atoms with Gasteiger partial charge in [0, 0.05) is 27.7 Å². The number of Topliss-reactive ketones (excluding diaryl/α,β-unsaturated/α-hetero) is 1. The van der Waals surface area contributed by atoms with E-state index in [1.165, 1.54) is 0 Å². The van der Waals surface area contributed by atoms with Gasteiger partial charge in [0.25, 0.3) is 11.7 Å². The number of H-pyrrole nitrogens is 1. The van der Waals surface area contributed by atoms with E-state index in [1.54, 1.807) is 30.5 Å². The first kappa shape index (κ1) is 15.9. The number of para-hydroxylation sites is 1. The minimum absolute atomic E-state index is 0.0828. The molecular formula is C19H13ClN2O2. The van der Waals surface area contributed by atoms with Crippen LogP contribution >= 0.6 is 11.6 Å². The number of hydrogen-bond donors (Lipinski definition) is 2. The van der Waals surface area contributed by atoms with Gasteiger partial charge in [-0.2, -0.15) is 0 Å². The molecule has 1 aromatic heterocycles. The highest BCUT2D eigenvalue weighted by molar-refractivity contribution is 6.45. The van der Waals surface area contributed by atoms with Crippen molar-refractivity contribution in [2.75, 3.05) is 6.54 Å². The molecule has 2 aromatic carbocycles. The molecule has 0 unspecified atom stereocenters. The van der Waals surface area contributed by atoms with Crippen LogP contribution in [0, 0.1) is 11.8 Å². The Kier molecular flexibility index (Phi) is 4.64. The second-order valence-electron chi connectivity index (χ2n) is 5.07. The van der Waals surface area contributed by atoms with Crippen LogP contribution in [0.25, 0.3) is 10.9 Å². The summed E-state index contributed by atoms with van der Waals surface area (Å²) < 4.78 is 0. The van der Waals surface area contributed by atoms with Crippen molar-refractivity contribution < 1.29 is 9.59 Å². The van der Waals surface area contributed by atoms with E-state index in [9.17, 15) is 9.59 Å². The zero-order chi connectivity index (χ0) is 16.9. The van der Waals surface area contributed by atoms with Crippen LogP contribution in [-0.2, 0) is 4.79 Å². The van der Waals surface area contributed by atoms with Crippen LogP contribution in [0.15, 0.2) is 54.7 Å². The maximum atomic E-state index is 12.2. The van der Waals surface area contributed by atoms with Gasteiger partial charge in [-0.15, -0.1) is 0 Å². The Hall–Kier alpha value is -3.03. The van der Waals surface area contributed by atoms with Gasteiger partial charge < -0.3 is 10.3 Å². The number of fused-ring (bicyclic) bond motifs is 1. The van der Waals surface area contributed by atoms with Gasteiger partial charge in [0.15, 0.2) is 0 Å². The fourth-order valence-electron chi connectivity index (χ4n) is 2.30. The third-order valence-electron chi connectivity index (χ3n) is 3.43. The first-order chi connectivity index (χ1) is 11.6. The Morgan fingerprint density at radius 3 is 2.79 bits per heavy atom. The molecule has 1 amide bonds. The Morgan fingerprint density at radius 1 is 1.12 bits per heavy atom. The molecule has 0 aliphatic carbocycles. The summed E-state index contributed by atoms with van der Waals surface area (Å²) in [6.45, 7) is 0.0828. The number of aromatic amines is 1. The summed E-state index contributed by atoms with van der Waals surface area (Å²) in [5.74, 6) is 4.41. The van der Waals surface area contributed by atoms with Gasteiger partial charge in [-0.3, -0.25) is 9.59 Å². The molecule has 0 spiro atoms. The molecular weight excluding hydrogens is 324 g/mol. The molecule has 0 aliphatic rings. The molecule has 0 saturated heterocycles. The van der Waals surface area contributed by atoms with E-state index >= 15 is 0 Å². The third kappa shape index (κ3) is 3.48. The zero-order valence-corrected chi connectivity index (χ0v) is 13.4. The maximum absolute atomic E-state index is 12.2. The number of ketones is 1. The molecule has 0 atom stereocenters. The molecule has 3 aromatic rings. The summed E-state index contributed by atoms with van der Waals surface area (Å²) >= 11 is 5.87. The average Bonchev–Trinajstić information content (AvgIpc) is 3.02. The first-order valence-electron chi connectivity index (χ1n) is 7.28. The van der Waals surface area contributed by atoms with Crippen LogP contribution in [0.4, 0.5) is 0 Å².